The van der Waals surface area contributed by atoms with Gasteiger partial charge in [-0.05, 0) is 18.2 Å². The van der Waals surface area contributed by atoms with E-state index in [1.165, 1.54) is 12.1 Å². The highest BCUT2D eigenvalue weighted by Gasteiger charge is 2.11. The van der Waals surface area contributed by atoms with Gasteiger partial charge in [0.1, 0.15) is 5.82 Å². The Labute approximate surface area is 92.0 Å². The predicted molar refractivity (Wildman–Crippen MR) is 60.8 cm³/mol. The Bertz CT molecular complexity index is 545. The minimum Gasteiger partial charge on any atom is -0.360 e. The van der Waals surface area contributed by atoms with Crippen molar-refractivity contribution in [3.05, 3.63) is 48.4 Å². The molecule has 0 aliphatic carbocycles. The predicted octanol–water partition coefficient (Wildman–Crippen LogP) is 2.22. The first-order valence-electron chi connectivity index (χ1n) is 4.88. The van der Waals surface area contributed by atoms with Gasteiger partial charge in [-0.1, -0.05) is 6.08 Å². The Balaban J connectivity index is 2.38. The molecule has 1 aromatic carbocycles. The van der Waals surface area contributed by atoms with Crippen molar-refractivity contribution >= 4 is 16.8 Å². The summed E-state index contributed by atoms with van der Waals surface area (Å²) in [6, 6.07) is 4.28. The molecular formula is C12H11FN2O. The zero-order valence-electron chi connectivity index (χ0n) is 8.59. The van der Waals surface area contributed by atoms with Gasteiger partial charge in [-0.25, -0.2) is 4.39 Å². The molecular weight excluding hydrogens is 207 g/mol. The number of H-pyrrole nitrogens is 1. The Morgan fingerprint density at radius 3 is 3.12 bits per heavy atom. The topological polar surface area (TPSA) is 44.9 Å². The standard InChI is InChI=1S/C12H11FN2O/c1-2-5-14-12(16)10-7-15-11-6-8(13)3-4-9(10)11/h2-4,6-7,15H,1,5H2,(H,14,16). The second kappa shape index (κ2) is 4.18. The molecule has 0 unspecified atom stereocenters. The van der Waals surface area contributed by atoms with Crippen LogP contribution < -0.4 is 5.32 Å². The Kier molecular flexibility index (Phi) is 2.72. The molecule has 2 rings (SSSR count). The maximum Gasteiger partial charge on any atom is 0.253 e. The number of amides is 1. The van der Waals surface area contributed by atoms with Crippen LogP contribution in [-0.2, 0) is 0 Å². The van der Waals surface area contributed by atoms with Crippen molar-refractivity contribution in [2.45, 2.75) is 0 Å². The van der Waals surface area contributed by atoms with Crippen LogP contribution in [0.25, 0.3) is 10.9 Å². The SMILES string of the molecule is C=CCNC(=O)c1c[nH]c2cc(F)ccc12. The molecule has 1 amide bonds. The monoisotopic (exact) mass is 218 g/mol. The molecule has 0 spiro atoms. The third-order valence-electron chi connectivity index (χ3n) is 2.30. The molecule has 82 valence electrons. The van der Waals surface area contributed by atoms with E-state index in [4.69, 9.17) is 0 Å². The highest BCUT2D eigenvalue weighted by atomic mass is 19.1. The van der Waals surface area contributed by atoms with E-state index in [-0.39, 0.29) is 11.7 Å². The number of hydrogen-bond donors (Lipinski definition) is 2. The first-order valence-corrected chi connectivity index (χ1v) is 4.88. The van der Waals surface area contributed by atoms with Crippen molar-refractivity contribution in [3.63, 3.8) is 0 Å². The second-order valence-corrected chi connectivity index (χ2v) is 3.39. The van der Waals surface area contributed by atoms with Gasteiger partial charge in [0.25, 0.3) is 5.91 Å². The lowest BCUT2D eigenvalue weighted by Crippen LogP contribution is -2.22. The van der Waals surface area contributed by atoms with E-state index in [1.807, 2.05) is 0 Å². The van der Waals surface area contributed by atoms with Gasteiger partial charge < -0.3 is 10.3 Å². The fourth-order valence-electron chi connectivity index (χ4n) is 1.55. The molecule has 1 heterocycles. The molecule has 0 aliphatic heterocycles. The quantitative estimate of drug-likeness (QED) is 0.762. The molecule has 3 nitrogen and oxygen atoms in total. The van der Waals surface area contributed by atoms with Gasteiger partial charge >= 0.3 is 0 Å². The number of carbonyl (C=O) groups excluding carboxylic acids is 1. The van der Waals surface area contributed by atoms with E-state index in [9.17, 15) is 9.18 Å². The average molecular weight is 218 g/mol. The van der Waals surface area contributed by atoms with Crippen molar-refractivity contribution in [2.24, 2.45) is 0 Å². The van der Waals surface area contributed by atoms with Crippen LogP contribution in [0, 0.1) is 5.82 Å². The normalized spacial score (nSPS) is 10.3. The molecule has 0 aliphatic rings. The van der Waals surface area contributed by atoms with Crippen LogP contribution in [0.1, 0.15) is 10.4 Å². The van der Waals surface area contributed by atoms with Gasteiger partial charge in [0, 0.05) is 23.6 Å². The minimum absolute atomic E-state index is 0.197. The maximum absolute atomic E-state index is 12.9. The van der Waals surface area contributed by atoms with Crippen molar-refractivity contribution < 1.29 is 9.18 Å². The van der Waals surface area contributed by atoms with E-state index < -0.39 is 0 Å². The molecule has 0 bridgehead atoms. The van der Waals surface area contributed by atoms with Crippen molar-refractivity contribution in [3.8, 4) is 0 Å². The first-order chi connectivity index (χ1) is 7.72. The number of fused-ring (bicyclic) bond motifs is 1. The number of rotatable bonds is 3. The highest BCUT2D eigenvalue weighted by molar-refractivity contribution is 6.06. The van der Waals surface area contributed by atoms with Gasteiger partial charge in [-0.3, -0.25) is 4.79 Å². The lowest BCUT2D eigenvalue weighted by Gasteiger charge is -2.00. The van der Waals surface area contributed by atoms with E-state index in [0.29, 0.717) is 23.0 Å². The number of halogens is 1. The number of hydrogen-bond acceptors (Lipinski definition) is 1. The summed E-state index contributed by atoms with van der Waals surface area (Å²) in [6.07, 6.45) is 3.18. The first kappa shape index (κ1) is 10.4. The lowest BCUT2D eigenvalue weighted by molar-refractivity contribution is 0.0959. The molecule has 0 saturated carbocycles. The average Bonchev–Trinajstić information content (AvgIpc) is 2.68. The second-order valence-electron chi connectivity index (χ2n) is 3.39. The van der Waals surface area contributed by atoms with Crippen LogP contribution in [0.5, 0.6) is 0 Å². The third-order valence-corrected chi connectivity index (χ3v) is 2.30. The molecule has 2 aromatic rings. The highest BCUT2D eigenvalue weighted by Crippen LogP contribution is 2.18. The number of aromatic nitrogens is 1. The van der Waals surface area contributed by atoms with Gasteiger partial charge in [0.15, 0.2) is 0 Å². The summed E-state index contributed by atoms with van der Waals surface area (Å²) in [6.45, 7) is 3.93. The van der Waals surface area contributed by atoms with E-state index >= 15 is 0 Å². The lowest BCUT2D eigenvalue weighted by atomic mass is 10.1. The molecule has 2 N–H and O–H groups in total. The van der Waals surface area contributed by atoms with Crippen LogP contribution in [0.15, 0.2) is 37.1 Å². The zero-order valence-corrected chi connectivity index (χ0v) is 8.59. The van der Waals surface area contributed by atoms with E-state index in [0.717, 1.165) is 0 Å². The van der Waals surface area contributed by atoms with E-state index in [2.05, 4.69) is 16.9 Å². The number of aromatic amines is 1. The molecule has 0 radical (unpaired) electrons. The van der Waals surface area contributed by atoms with Crippen LogP contribution in [-0.4, -0.2) is 17.4 Å². The molecule has 4 heteroatoms. The van der Waals surface area contributed by atoms with Crippen molar-refractivity contribution in [1.82, 2.24) is 10.3 Å². The third kappa shape index (κ3) is 1.82. The molecule has 0 saturated heterocycles. The van der Waals surface area contributed by atoms with Crippen LogP contribution >= 0.6 is 0 Å². The zero-order chi connectivity index (χ0) is 11.5. The van der Waals surface area contributed by atoms with E-state index in [1.54, 1.807) is 18.3 Å². The summed E-state index contributed by atoms with van der Waals surface area (Å²) < 4.78 is 12.9. The maximum atomic E-state index is 12.9. The minimum atomic E-state index is -0.326. The molecule has 1 aromatic heterocycles. The smallest absolute Gasteiger partial charge is 0.253 e. The van der Waals surface area contributed by atoms with Gasteiger partial charge in [0.2, 0.25) is 0 Å². The number of carbonyl (C=O) groups is 1. The largest absolute Gasteiger partial charge is 0.360 e. The summed E-state index contributed by atoms with van der Waals surface area (Å²) in [7, 11) is 0. The van der Waals surface area contributed by atoms with Gasteiger partial charge in [-0.15, -0.1) is 6.58 Å². The fourth-order valence-corrected chi connectivity index (χ4v) is 1.55. The number of benzene rings is 1. The van der Waals surface area contributed by atoms with Crippen molar-refractivity contribution in [2.75, 3.05) is 6.54 Å². The fraction of sp³-hybridized carbons (Fsp3) is 0.0833. The summed E-state index contributed by atoms with van der Waals surface area (Å²) in [5.74, 6) is -0.523. The van der Waals surface area contributed by atoms with Crippen LogP contribution in [0.3, 0.4) is 0 Å². The summed E-state index contributed by atoms with van der Waals surface area (Å²) in [4.78, 5) is 14.6. The molecule has 0 fully saturated rings. The summed E-state index contributed by atoms with van der Waals surface area (Å²) in [5, 5.41) is 3.38. The van der Waals surface area contributed by atoms with Crippen LogP contribution in [0.4, 0.5) is 4.39 Å². The Morgan fingerprint density at radius 2 is 2.38 bits per heavy atom. The number of nitrogens with one attached hydrogen (secondary N) is 2. The Hall–Kier alpha value is -2.10. The summed E-state index contributed by atoms with van der Waals surface area (Å²) in [5.41, 5.74) is 1.13. The molecule has 0 atom stereocenters. The Morgan fingerprint density at radius 1 is 1.56 bits per heavy atom. The summed E-state index contributed by atoms with van der Waals surface area (Å²) >= 11 is 0. The van der Waals surface area contributed by atoms with Crippen LogP contribution in [0.2, 0.25) is 0 Å². The van der Waals surface area contributed by atoms with Gasteiger partial charge in [0.05, 0.1) is 5.56 Å². The molecule has 16 heavy (non-hydrogen) atoms. The van der Waals surface area contributed by atoms with Crippen molar-refractivity contribution in [1.29, 1.82) is 0 Å². The van der Waals surface area contributed by atoms with Gasteiger partial charge in [-0.2, -0.15) is 0 Å².